The number of ether oxygens (including phenoxy) is 1. The third-order valence-electron chi connectivity index (χ3n) is 4.25. The highest BCUT2D eigenvalue weighted by Crippen LogP contribution is 2.26. The van der Waals surface area contributed by atoms with Gasteiger partial charge in [0.05, 0.1) is 23.4 Å². The number of amides is 1. The first kappa shape index (κ1) is 25.4. The van der Waals surface area contributed by atoms with Crippen molar-refractivity contribution in [2.24, 2.45) is 0 Å². The van der Waals surface area contributed by atoms with Gasteiger partial charge in [-0.25, -0.2) is 18.3 Å². The van der Waals surface area contributed by atoms with Gasteiger partial charge in [0.15, 0.2) is 0 Å². The second-order valence-corrected chi connectivity index (χ2v) is 9.90. The Hall–Kier alpha value is -2.82. The molecule has 0 unspecified atom stereocenters. The molecule has 1 amide bonds. The summed E-state index contributed by atoms with van der Waals surface area (Å²) < 4.78 is 47.0. The van der Waals surface area contributed by atoms with Gasteiger partial charge in [-0.15, -0.1) is 0 Å². The molecule has 0 radical (unpaired) electrons. The number of sulfonamides is 1. The maximum Gasteiger partial charge on any atom is 0.262 e. The number of carbonyl (C=O) groups is 1. The molecule has 0 aliphatic carbocycles. The summed E-state index contributed by atoms with van der Waals surface area (Å²) in [5.74, 6) is -1.20. The first-order valence-corrected chi connectivity index (χ1v) is 11.2. The third kappa shape index (κ3) is 7.11. The Labute approximate surface area is 188 Å². The Morgan fingerprint density at radius 1 is 1.25 bits per heavy atom. The summed E-state index contributed by atoms with van der Waals surface area (Å²) in [7, 11) is -2.78. The van der Waals surface area contributed by atoms with Gasteiger partial charge >= 0.3 is 0 Å². The van der Waals surface area contributed by atoms with E-state index in [0.29, 0.717) is 11.3 Å². The zero-order valence-corrected chi connectivity index (χ0v) is 19.4. The molecule has 1 aromatic carbocycles. The summed E-state index contributed by atoms with van der Waals surface area (Å²) in [6.45, 7) is 8.11. The van der Waals surface area contributed by atoms with Crippen molar-refractivity contribution in [1.29, 1.82) is 0 Å². The lowest BCUT2D eigenvalue weighted by Gasteiger charge is -2.30. The van der Waals surface area contributed by atoms with Crippen molar-refractivity contribution in [2.75, 3.05) is 7.11 Å². The van der Waals surface area contributed by atoms with Crippen LogP contribution in [0, 0.1) is 0 Å². The molecule has 1 aromatic heterocycles. The summed E-state index contributed by atoms with van der Waals surface area (Å²) >= 11 is 0. The number of halogens is 1. The average molecular weight is 466 g/mol. The molecule has 0 spiro atoms. The van der Waals surface area contributed by atoms with Crippen molar-refractivity contribution in [1.82, 2.24) is 14.8 Å². The van der Waals surface area contributed by atoms with Crippen LogP contribution < -0.4 is 10.2 Å². The zero-order chi connectivity index (χ0) is 23.9. The first-order valence-electron chi connectivity index (χ1n) is 9.80. The maximum absolute atomic E-state index is 13.9. The Morgan fingerprint density at radius 3 is 2.41 bits per heavy atom. The van der Waals surface area contributed by atoms with Gasteiger partial charge in [0, 0.05) is 25.4 Å². The van der Waals surface area contributed by atoms with Crippen molar-refractivity contribution in [3.63, 3.8) is 0 Å². The molecule has 2 aromatic rings. The van der Waals surface area contributed by atoms with Crippen LogP contribution in [-0.2, 0) is 26.2 Å². The van der Waals surface area contributed by atoms with Crippen LogP contribution in [0.25, 0.3) is 0 Å². The minimum absolute atomic E-state index is 0.0822. The molecule has 0 aliphatic heterocycles. The van der Waals surface area contributed by atoms with Gasteiger partial charge in [-0.05, 0) is 56.7 Å². The normalized spacial score (nSPS) is 12.9. The van der Waals surface area contributed by atoms with Crippen molar-refractivity contribution in [3.05, 3.63) is 66.8 Å². The van der Waals surface area contributed by atoms with Crippen LogP contribution in [-0.4, -0.2) is 42.4 Å². The molecule has 1 N–H and O–H groups in total. The smallest absolute Gasteiger partial charge is 0.262 e. The second kappa shape index (κ2) is 10.7. The number of nitrogens with one attached hydrogen (secondary N) is 1. The van der Waals surface area contributed by atoms with Crippen molar-refractivity contribution in [3.8, 4) is 5.75 Å². The average Bonchev–Trinajstić information content (AvgIpc) is 2.74. The molecule has 0 saturated heterocycles. The number of rotatable bonds is 10. The molecule has 1 atom stereocenters. The number of carbonyl (C=O) groups excluding carboxylic acids is 1. The number of aromatic nitrogens is 1. The summed E-state index contributed by atoms with van der Waals surface area (Å²) in [5.41, 5.74) is 2.02. The molecule has 1 heterocycles. The number of hydroxylamine groups is 1. The maximum atomic E-state index is 13.9. The van der Waals surface area contributed by atoms with Gasteiger partial charge in [-0.2, -0.15) is 4.31 Å². The largest absolute Gasteiger partial charge is 0.497 e. The van der Waals surface area contributed by atoms with Crippen LogP contribution in [0.5, 0.6) is 5.75 Å². The lowest BCUT2D eigenvalue weighted by Crippen LogP contribution is -2.50. The molecule has 10 heteroatoms. The summed E-state index contributed by atoms with van der Waals surface area (Å²) in [6, 6.07) is 7.53. The fraction of sp³-hybridized carbons (Fsp3) is 0.364. The van der Waals surface area contributed by atoms with Gasteiger partial charge in [0.25, 0.3) is 5.91 Å². The van der Waals surface area contributed by atoms with Gasteiger partial charge in [0.2, 0.25) is 10.0 Å². The van der Waals surface area contributed by atoms with E-state index >= 15 is 0 Å². The van der Waals surface area contributed by atoms with Crippen molar-refractivity contribution < 1.29 is 27.2 Å². The molecule has 2 rings (SSSR count). The van der Waals surface area contributed by atoms with Crippen LogP contribution >= 0.6 is 0 Å². The molecular weight excluding hydrogens is 437 g/mol. The number of benzene rings is 1. The minimum Gasteiger partial charge on any atom is -0.497 e. The van der Waals surface area contributed by atoms with E-state index in [1.165, 1.54) is 43.8 Å². The first-order chi connectivity index (χ1) is 14.9. The second-order valence-electron chi connectivity index (χ2n) is 8.00. The summed E-state index contributed by atoms with van der Waals surface area (Å²) in [5, 5.41) is 0. The predicted molar refractivity (Wildman–Crippen MR) is 118 cm³/mol. The molecule has 32 heavy (non-hydrogen) atoms. The SMILES string of the molecule is C=C(F)C[C@H](C(=O)NOC(C)(C)C)N(Cc1cccnc1)S(=O)(=O)c1ccc(OC)cc1. The van der Waals surface area contributed by atoms with E-state index in [0.717, 1.165) is 4.31 Å². The standard InChI is InChI=1S/C22H28FN3O5S/c1-16(23)13-20(21(27)25-31-22(2,3)4)26(15-17-7-6-12-24-14-17)32(28,29)19-10-8-18(30-5)9-11-19/h6-12,14,20H,1,13,15H2,2-5H3,(H,25,27)/t20-/m1/s1. The third-order valence-corrected chi connectivity index (χ3v) is 6.12. The number of nitrogens with zero attached hydrogens (tertiary/aromatic N) is 2. The summed E-state index contributed by atoms with van der Waals surface area (Å²) in [4.78, 5) is 22.2. The van der Waals surface area contributed by atoms with Gasteiger partial charge in [-0.1, -0.05) is 12.6 Å². The molecule has 0 fully saturated rings. The van der Waals surface area contributed by atoms with Crippen LogP contribution in [0.1, 0.15) is 32.8 Å². The zero-order valence-electron chi connectivity index (χ0n) is 18.5. The van der Waals surface area contributed by atoms with Crippen LogP contribution in [0.2, 0.25) is 0 Å². The van der Waals surface area contributed by atoms with Crippen molar-refractivity contribution >= 4 is 15.9 Å². The molecular formula is C22H28FN3O5S. The quantitative estimate of drug-likeness (QED) is 0.541. The lowest BCUT2D eigenvalue weighted by molar-refractivity contribution is -0.149. The van der Waals surface area contributed by atoms with Crippen molar-refractivity contribution in [2.45, 2.75) is 50.3 Å². The highest BCUT2D eigenvalue weighted by Gasteiger charge is 2.37. The van der Waals surface area contributed by atoms with E-state index in [9.17, 15) is 17.6 Å². The molecule has 0 bridgehead atoms. The number of hydrogen-bond acceptors (Lipinski definition) is 6. The van der Waals surface area contributed by atoms with Gasteiger partial charge in [0.1, 0.15) is 11.8 Å². The number of pyridine rings is 1. The lowest BCUT2D eigenvalue weighted by atomic mass is 10.1. The van der Waals surface area contributed by atoms with Crippen LogP contribution in [0.15, 0.2) is 66.1 Å². The van der Waals surface area contributed by atoms with E-state index in [1.807, 2.05) is 0 Å². The molecule has 174 valence electrons. The predicted octanol–water partition coefficient (Wildman–Crippen LogP) is 3.37. The minimum atomic E-state index is -4.24. The Bertz CT molecular complexity index is 1020. The highest BCUT2D eigenvalue weighted by molar-refractivity contribution is 7.89. The number of methoxy groups -OCH3 is 1. The van der Waals surface area contributed by atoms with E-state index in [4.69, 9.17) is 9.57 Å². The van der Waals surface area contributed by atoms with E-state index < -0.39 is 39.8 Å². The fourth-order valence-corrected chi connectivity index (χ4v) is 4.30. The Balaban J connectivity index is 2.51. The van der Waals surface area contributed by atoms with E-state index in [1.54, 1.807) is 32.9 Å². The highest BCUT2D eigenvalue weighted by atomic mass is 32.2. The van der Waals surface area contributed by atoms with Crippen LogP contribution in [0.4, 0.5) is 4.39 Å². The van der Waals surface area contributed by atoms with Crippen LogP contribution in [0.3, 0.4) is 0 Å². The number of hydrogen-bond donors (Lipinski definition) is 1. The Kier molecular flexibility index (Phi) is 8.48. The molecule has 0 saturated carbocycles. The van der Waals surface area contributed by atoms with E-state index in [2.05, 4.69) is 17.0 Å². The van der Waals surface area contributed by atoms with E-state index in [-0.39, 0.29) is 11.4 Å². The van der Waals surface area contributed by atoms with Gasteiger partial charge < -0.3 is 4.74 Å². The monoisotopic (exact) mass is 465 g/mol. The topological polar surface area (TPSA) is 97.8 Å². The molecule has 8 nitrogen and oxygen atoms in total. The van der Waals surface area contributed by atoms with Gasteiger partial charge in [-0.3, -0.25) is 14.6 Å². The summed E-state index contributed by atoms with van der Waals surface area (Å²) in [6.07, 6.45) is 2.47. The fourth-order valence-electron chi connectivity index (χ4n) is 2.72. The molecule has 0 aliphatic rings. The Morgan fingerprint density at radius 2 is 1.91 bits per heavy atom.